The molecule has 2 aromatic carbocycles. The van der Waals surface area contributed by atoms with Gasteiger partial charge >= 0.3 is 5.97 Å². The van der Waals surface area contributed by atoms with Crippen molar-refractivity contribution < 1.29 is 18.7 Å². The summed E-state index contributed by atoms with van der Waals surface area (Å²) in [6.45, 7) is 1.87. The third kappa shape index (κ3) is 4.64. The van der Waals surface area contributed by atoms with Crippen LogP contribution in [-0.2, 0) is 16.1 Å². The smallest absolute Gasteiger partial charge is 0.341 e. The van der Waals surface area contributed by atoms with Gasteiger partial charge in [0.15, 0.2) is 6.10 Å². The number of amides is 1. The second-order valence-electron chi connectivity index (χ2n) is 5.35. The van der Waals surface area contributed by atoms with Crippen LogP contribution in [0.4, 0.5) is 4.39 Å². The van der Waals surface area contributed by atoms with Gasteiger partial charge in [0, 0.05) is 18.1 Å². The molecular weight excluding hydrogens is 377 g/mol. The number of hydrogen-bond acceptors (Lipinski definition) is 3. The summed E-state index contributed by atoms with van der Waals surface area (Å²) in [5.74, 6) is -1.93. The maximum absolute atomic E-state index is 13.7. The molecule has 0 saturated heterocycles. The maximum atomic E-state index is 13.7. The molecule has 0 fully saturated rings. The predicted molar refractivity (Wildman–Crippen MR) is 91.9 cm³/mol. The lowest BCUT2D eigenvalue weighted by Gasteiger charge is -2.21. The lowest BCUT2D eigenvalue weighted by molar-refractivity contribution is -0.139. The molecule has 0 radical (unpaired) electrons. The van der Waals surface area contributed by atoms with Crippen molar-refractivity contribution in [3.8, 4) is 0 Å². The third-order valence-corrected chi connectivity index (χ3v) is 3.91. The first-order valence-corrected chi connectivity index (χ1v) is 8.12. The molecule has 1 unspecified atom stereocenters. The lowest BCUT2D eigenvalue weighted by atomic mass is 10.2. The Balaban J connectivity index is 2.00. The second kappa shape index (κ2) is 8.06. The molecule has 126 valence electrons. The summed E-state index contributed by atoms with van der Waals surface area (Å²) in [5.41, 5.74) is 0.750. The number of carbonyl (C=O) groups excluding carboxylic acids is 2. The molecule has 1 atom stereocenters. The fourth-order valence-electron chi connectivity index (χ4n) is 2.17. The Morgan fingerprint density at radius 3 is 2.54 bits per heavy atom. The lowest BCUT2D eigenvalue weighted by Crippen LogP contribution is -2.37. The number of halogens is 2. The molecule has 0 aliphatic carbocycles. The molecular formula is C18H17BrFNO3. The quantitative estimate of drug-likeness (QED) is 0.725. The Kier molecular flexibility index (Phi) is 6.09. The number of nitrogens with zero attached hydrogens (tertiary/aromatic N) is 1. The van der Waals surface area contributed by atoms with Crippen LogP contribution in [0, 0.1) is 5.82 Å². The molecule has 6 heteroatoms. The highest BCUT2D eigenvalue weighted by Gasteiger charge is 2.24. The summed E-state index contributed by atoms with van der Waals surface area (Å²) in [4.78, 5) is 25.8. The van der Waals surface area contributed by atoms with Crippen molar-refractivity contribution in [1.82, 2.24) is 4.90 Å². The monoisotopic (exact) mass is 393 g/mol. The number of carbonyl (C=O) groups is 2. The minimum absolute atomic E-state index is 0.213. The summed E-state index contributed by atoms with van der Waals surface area (Å²) >= 11 is 3.17. The Morgan fingerprint density at radius 2 is 1.88 bits per heavy atom. The highest BCUT2D eigenvalue weighted by molar-refractivity contribution is 9.10. The van der Waals surface area contributed by atoms with Crippen LogP contribution < -0.4 is 0 Å². The van der Waals surface area contributed by atoms with Crippen molar-refractivity contribution in [3.05, 3.63) is 69.9 Å². The fraction of sp³-hybridized carbons (Fsp3) is 0.222. The normalized spacial score (nSPS) is 11.7. The summed E-state index contributed by atoms with van der Waals surface area (Å²) in [6, 6.07) is 13.4. The highest BCUT2D eigenvalue weighted by atomic mass is 79.9. The number of rotatable bonds is 5. The standard InChI is InChI=1S/C18H17BrFNO3/c1-12(17(22)21(2)11-13-6-4-3-5-7-13)24-18(23)15-10-14(19)8-9-16(15)20/h3-10,12H,11H2,1-2H3. The van der Waals surface area contributed by atoms with Gasteiger partial charge in [-0.3, -0.25) is 4.79 Å². The predicted octanol–water partition coefficient (Wildman–Crippen LogP) is 3.79. The summed E-state index contributed by atoms with van der Waals surface area (Å²) in [5, 5.41) is 0. The summed E-state index contributed by atoms with van der Waals surface area (Å²) in [7, 11) is 1.62. The van der Waals surface area contributed by atoms with Crippen LogP contribution in [0.3, 0.4) is 0 Å². The van der Waals surface area contributed by atoms with Gasteiger partial charge in [-0.15, -0.1) is 0 Å². The van der Waals surface area contributed by atoms with E-state index in [9.17, 15) is 14.0 Å². The van der Waals surface area contributed by atoms with Crippen LogP contribution in [0.25, 0.3) is 0 Å². The van der Waals surface area contributed by atoms with Crippen LogP contribution >= 0.6 is 15.9 Å². The third-order valence-electron chi connectivity index (χ3n) is 3.42. The van der Waals surface area contributed by atoms with E-state index in [0.29, 0.717) is 11.0 Å². The van der Waals surface area contributed by atoms with Crippen molar-refractivity contribution in [3.63, 3.8) is 0 Å². The largest absolute Gasteiger partial charge is 0.449 e. The van der Waals surface area contributed by atoms with E-state index in [4.69, 9.17) is 4.74 Å². The molecule has 0 spiro atoms. The van der Waals surface area contributed by atoms with E-state index < -0.39 is 17.9 Å². The zero-order chi connectivity index (χ0) is 17.7. The van der Waals surface area contributed by atoms with Gasteiger partial charge in [0.1, 0.15) is 5.82 Å². The minimum Gasteiger partial charge on any atom is -0.449 e. The molecule has 24 heavy (non-hydrogen) atoms. The Morgan fingerprint density at radius 1 is 1.21 bits per heavy atom. The number of hydrogen-bond donors (Lipinski definition) is 0. The second-order valence-corrected chi connectivity index (χ2v) is 6.27. The van der Waals surface area contributed by atoms with Gasteiger partial charge in [-0.1, -0.05) is 46.3 Å². The van der Waals surface area contributed by atoms with E-state index in [1.54, 1.807) is 7.05 Å². The van der Waals surface area contributed by atoms with E-state index in [1.807, 2.05) is 30.3 Å². The van der Waals surface area contributed by atoms with Crippen molar-refractivity contribution in [1.29, 1.82) is 0 Å². The molecule has 0 N–H and O–H groups in total. The average Bonchev–Trinajstić information content (AvgIpc) is 2.57. The first kappa shape index (κ1) is 18.1. The van der Waals surface area contributed by atoms with Gasteiger partial charge in [0.05, 0.1) is 5.56 Å². The van der Waals surface area contributed by atoms with Gasteiger partial charge in [-0.2, -0.15) is 0 Å². The molecule has 0 saturated carbocycles. The van der Waals surface area contributed by atoms with Gasteiger partial charge in [-0.25, -0.2) is 9.18 Å². The number of likely N-dealkylation sites (N-methyl/N-ethyl adjacent to an activating group) is 1. The molecule has 0 aliphatic heterocycles. The van der Waals surface area contributed by atoms with Crippen molar-refractivity contribution in [2.24, 2.45) is 0 Å². The molecule has 0 aliphatic rings. The molecule has 1 amide bonds. The van der Waals surface area contributed by atoms with Crippen LogP contribution in [-0.4, -0.2) is 29.9 Å². The molecule has 2 aromatic rings. The zero-order valence-corrected chi connectivity index (χ0v) is 14.9. The zero-order valence-electron chi connectivity index (χ0n) is 13.3. The Labute approximate surface area is 148 Å². The van der Waals surface area contributed by atoms with Crippen molar-refractivity contribution in [2.75, 3.05) is 7.05 Å². The van der Waals surface area contributed by atoms with E-state index in [-0.39, 0.29) is 11.5 Å². The van der Waals surface area contributed by atoms with Crippen molar-refractivity contribution in [2.45, 2.75) is 19.6 Å². The van der Waals surface area contributed by atoms with Crippen LogP contribution in [0.2, 0.25) is 0 Å². The molecule has 0 bridgehead atoms. The van der Waals surface area contributed by atoms with Gasteiger partial charge in [0.2, 0.25) is 0 Å². The van der Waals surface area contributed by atoms with Gasteiger partial charge < -0.3 is 9.64 Å². The number of ether oxygens (including phenoxy) is 1. The summed E-state index contributed by atoms with van der Waals surface area (Å²) in [6.07, 6.45) is -1.01. The first-order valence-electron chi connectivity index (χ1n) is 7.33. The molecule has 2 rings (SSSR count). The molecule has 0 aromatic heterocycles. The van der Waals surface area contributed by atoms with E-state index in [0.717, 1.165) is 11.6 Å². The van der Waals surface area contributed by atoms with E-state index in [2.05, 4.69) is 15.9 Å². The van der Waals surface area contributed by atoms with E-state index >= 15 is 0 Å². The topological polar surface area (TPSA) is 46.6 Å². The van der Waals surface area contributed by atoms with Gasteiger partial charge in [-0.05, 0) is 30.7 Å². The Bertz CT molecular complexity index is 736. The maximum Gasteiger partial charge on any atom is 0.341 e. The molecule has 4 nitrogen and oxygen atoms in total. The van der Waals surface area contributed by atoms with E-state index in [1.165, 1.54) is 24.0 Å². The molecule has 0 heterocycles. The average molecular weight is 394 g/mol. The van der Waals surface area contributed by atoms with Crippen LogP contribution in [0.1, 0.15) is 22.8 Å². The minimum atomic E-state index is -1.01. The van der Waals surface area contributed by atoms with Crippen LogP contribution in [0.5, 0.6) is 0 Å². The first-order chi connectivity index (χ1) is 11.4. The number of esters is 1. The van der Waals surface area contributed by atoms with Gasteiger partial charge in [0.25, 0.3) is 5.91 Å². The SMILES string of the molecule is CC(OC(=O)c1cc(Br)ccc1F)C(=O)N(C)Cc1ccccc1. The highest BCUT2D eigenvalue weighted by Crippen LogP contribution is 2.17. The van der Waals surface area contributed by atoms with Crippen molar-refractivity contribution >= 4 is 27.8 Å². The number of benzene rings is 2. The van der Waals surface area contributed by atoms with Crippen LogP contribution in [0.15, 0.2) is 53.0 Å². The fourth-order valence-corrected chi connectivity index (χ4v) is 2.54. The summed E-state index contributed by atoms with van der Waals surface area (Å²) < 4.78 is 19.4. The Hall–Kier alpha value is -2.21.